The Morgan fingerprint density at radius 1 is 1.45 bits per heavy atom. The molecule has 1 aromatic heterocycles. The minimum absolute atomic E-state index is 0.206. The highest BCUT2D eigenvalue weighted by Crippen LogP contribution is 2.26. The molecule has 2 N–H and O–H groups in total. The number of hydrogen-bond acceptors (Lipinski definition) is 4. The van der Waals surface area contributed by atoms with Crippen molar-refractivity contribution in [2.75, 3.05) is 13.2 Å². The van der Waals surface area contributed by atoms with Crippen LogP contribution in [-0.2, 0) is 11.2 Å². The summed E-state index contributed by atoms with van der Waals surface area (Å²) in [6.07, 6.45) is 3.50. The van der Waals surface area contributed by atoms with Gasteiger partial charge in [0.2, 0.25) is 5.91 Å². The van der Waals surface area contributed by atoms with Gasteiger partial charge in [0.15, 0.2) is 0 Å². The number of amides is 1. The first-order chi connectivity index (χ1) is 10.7. The Labute approximate surface area is 133 Å². The van der Waals surface area contributed by atoms with Crippen molar-refractivity contribution in [3.05, 3.63) is 57.8 Å². The fourth-order valence-electron chi connectivity index (χ4n) is 2.32. The second-order valence-electron chi connectivity index (χ2n) is 5.12. The molecule has 0 aliphatic carbocycles. The molecule has 4 nitrogen and oxygen atoms in total. The van der Waals surface area contributed by atoms with Gasteiger partial charge in [0, 0.05) is 19.0 Å². The number of aliphatic hydroxyl groups excluding tert-OH is 1. The number of hydrogen-bond donors (Lipinski definition) is 2. The van der Waals surface area contributed by atoms with E-state index < -0.39 is 6.10 Å². The molecule has 2 heterocycles. The van der Waals surface area contributed by atoms with Crippen LogP contribution in [0.5, 0.6) is 5.75 Å². The molecule has 0 saturated heterocycles. The van der Waals surface area contributed by atoms with Crippen LogP contribution in [0, 0.1) is 0 Å². The predicted octanol–water partition coefficient (Wildman–Crippen LogP) is 2.55. The van der Waals surface area contributed by atoms with Gasteiger partial charge in [-0.3, -0.25) is 4.79 Å². The van der Waals surface area contributed by atoms with Gasteiger partial charge >= 0.3 is 0 Å². The highest BCUT2D eigenvalue weighted by Gasteiger charge is 2.11. The molecule has 0 saturated carbocycles. The van der Waals surface area contributed by atoms with Crippen molar-refractivity contribution in [2.24, 2.45) is 0 Å². The zero-order chi connectivity index (χ0) is 15.4. The van der Waals surface area contributed by atoms with Crippen LogP contribution in [0.15, 0.2) is 41.1 Å². The van der Waals surface area contributed by atoms with Crippen LogP contribution < -0.4 is 10.1 Å². The summed E-state index contributed by atoms with van der Waals surface area (Å²) in [7, 11) is 0. The van der Waals surface area contributed by atoms with Crippen LogP contribution in [0.1, 0.15) is 22.8 Å². The second-order valence-corrected chi connectivity index (χ2v) is 5.90. The van der Waals surface area contributed by atoms with Gasteiger partial charge < -0.3 is 15.2 Å². The molecular weight excluding hydrogens is 298 g/mol. The van der Waals surface area contributed by atoms with Gasteiger partial charge in [0.05, 0.1) is 12.7 Å². The highest BCUT2D eigenvalue weighted by atomic mass is 32.1. The van der Waals surface area contributed by atoms with Crippen LogP contribution in [0.2, 0.25) is 0 Å². The maximum absolute atomic E-state index is 11.8. The van der Waals surface area contributed by atoms with Gasteiger partial charge in [-0.25, -0.2) is 0 Å². The molecule has 1 aliphatic heterocycles. The quantitative estimate of drug-likeness (QED) is 0.834. The minimum atomic E-state index is -0.666. The first kappa shape index (κ1) is 14.8. The summed E-state index contributed by atoms with van der Waals surface area (Å²) in [5, 5.41) is 16.4. The summed E-state index contributed by atoms with van der Waals surface area (Å²) in [4.78, 5) is 11.8. The molecule has 0 bridgehead atoms. The number of fused-ring (bicyclic) bond motifs is 1. The number of aliphatic hydroxyl groups is 1. The van der Waals surface area contributed by atoms with E-state index >= 15 is 0 Å². The van der Waals surface area contributed by atoms with E-state index in [0.29, 0.717) is 0 Å². The summed E-state index contributed by atoms with van der Waals surface area (Å²) < 4.78 is 5.45. The number of carbonyl (C=O) groups excluding carboxylic acids is 1. The molecule has 0 radical (unpaired) electrons. The zero-order valence-corrected chi connectivity index (χ0v) is 12.8. The number of rotatable bonds is 5. The molecule has 1 aliphatic rings. The highest BCUT2D eigenvalue weighted by molar-refractivity contribution is 7.07. The lowest BCUT2D eigenvalue weighted by Gasteiger charge is -2.08. The van der Waals surface area contributed by atoms with Crippen molar-refractivity contribution in [1.29, 1.82) is 0 Å². The molecule has 22 heavy (non-hydrogen) atoms. The molecule has 1 unspecified atom stereocenters. The summed E-state index contributed by atoms with van der Waals surface area (Å²) in [5.74, 6) is 0.714. The molecule has 0 fully saturated rings. The first-order valence-corrected chi connectivity index (χ1v) is 8.08. The third-order valence-electron chi connectivity index (χ3n) is 3.54. The smallest absolute Gasteiger partial charge is 0.244 e. The van der Waals surface area contributed by atoms with Crippen LogP contribution in [0.3, 0.4) is 0 Å². The van der Waals surface area contributed by atoms with Crippen molar-refractivity contribution < 1.29 is 14.6 Å². The molecule has 3 rings (SSSR count). The third kappa shape index (κ3) is 3.55. The van der Waals surface area contributed by atoms with Gasteiger partial charge in [-0.15, -0.1) is 0 Å². The van der Waals surface area contributed by atoms with E-state index in [1.165, 1.54) is 23.0 Å². The summed E-state index contributed by atoms with van der Waals surface area (Å²) >= 11 is 1.52. The van der Waals surface area contributed by atoms with Gasteiger partial charge in [-0.1, -0.05) is 6.07 Å². The Balaban J connectivity index is 1.53. The van der Waals surface area contributed by atoms with E-state index in [-0.39, 0.29) is 12.5 Å². The number of benzene rings is 1. The Morgan fingerprint density at radius 2 is 2.36 bits per heavy atom. The Bertz CT molecular complexity index is 679. The van der Waals surface area contributed by atoms with Gasteiger partial charge in [0.25, 0.3) is 0 Å². The van der Waals surface area contributed by atoms with E-state index in [4.69, 9.17) is 4.74 Å². The largest absolute Gasteiger partial charge is 0.493 e. The number of ether oxygens (including phenoxy) is 1. The fourth-order valence-corrected chi connectivity index (χ4v) is 3.03. The third-order valence-corrected chi connectivity index (χ3v) is 4.24. The van der Waals surface area contributed by atoms with E-state index in [0.717, 1.165) is 29.9 Å². The van der Waals surface area contributed by atoms with Gasteiger partial charge in [-0.05, 0) is 51.7 Å². The number of thiophene rings is 1. The van der Waals surface area contributed by atoms with Gasteiger partial charge in [-0.2, -0.15) is 11.3 Å². The molecule has 5 heteroatoms. The zero-order valence-electron chi connectivity index (χ0n) is 12.0. The van der Waals surface area contributed by atoms with E-state index in [2.05, 4.69) is 5.32 Å². The fraction of sp³-hybridized carbons (Fsp3) is 0.235. The maximum atomic E-state index is 11.8. The SMILES string of the molecule is O=C(/C=C/c1ccc2c(c1)CCO2)NCC(O)c1ccsc1. The van der Waals surface area contributed by atoms with E-state index in [1.54, 1.807) is 6.08 Å². The lowest BCUT2D eigenvalue weighted by Crippen LogP contribution is -2.26. The van der Waals surface area contributed by atoms with Crippen molar-refractivity contribution >= 4 is 23.3 Å². The summed E-state index contributed by atoms with van der Waals surface area (Å²) in [5.41, 5.74) is 2.97. The molecule has 2 aromatic rings. The summed E-state index contributed by atoms with van der Waals surface area (Å²) in [6.45, 7) is 0.932. The van der Waals surface area contributed by atoms with E-state index in [1.807, 2.05) is 35.0 Å². The second kappa shape index (κ2) is 6.77. The Kier molecular flexibility index (Phi) is 4.56. The topological polar surface area (TPSA) is 58.6 Å². The van der Waals surface area contributed by atoms with Crippen LogP contribution >= 0.6 is 11.3 Å². The molecular formula is C17H17NO3S. The van der Waals surface area contributed by atoms with Crippen LogP contribution in [0.25, 0.3) is 6.08 Å². The van der Waals surface area contributed by atoms with Crippen molar-refractivity contribution in [3.63, 3.8) is 0 Å². The first-order valence-electron chi connectivity index (χ1n) is 7.14. The predicted molar refractivity (Wildman–Crippen MR) is 87.0 cm³/mol. The molecule has 0 spiro atoms. The van der Waals surface area contributed by atoms with E-state index in [9.17, 15) is 9.90 Å². The Morgan fingerprint density at radius 3 is 3.18 bits per heavy atom. The average molecular weight is 315 g/mol. The van der Waals surface area contributed by atoms with Gasteiger partial charge in [0.1, 0.15) is 5.75 Å². The molecule has 1 aromatic carbocycles. The lowest BCUT2D eigenvalue weighted by molar-refractivity contribution is -0.116. The molecule has 1 atom stereocenters. The summed E-state index contributed by atoms with van der Waals surface area (Å²) in [6, 6.07) is 7.74. The number of carbonyl (C=O) groups is 1. The maximum Gasteiger partial charge on any atom is 0.244 e. The molecule has 1 amide bonds. The minimum Gasteiger partial charge on any atom is -0.493 e. The van der Waals surface area contributed by atoms with Crippen LogP contribution in [-0.4, -0.2) is 24.2 Å². The normalized spacial score (nSPS) is 14.6. The Hall–Kier alpha value is -2.11. The van der Waals surface area contributed by atoms with Crippen molar-refractivity contribution in [1.82, 2.24) is 5.32 Å². The lowest BCUT2D eigenvalue weighted by atomic mass is 10.1. The number of nitrogens with one attached hydrogen (secondary N) is 1. The standard InChI is InChI=1S/C17H17NO3S/c19-15(14-6-8-22-11-14)10-18-17(20)4-2-12-1-3-16-13(9-12)5-7-21-16/h1-4,6,8-9,11,15,19H,5,7,10H2,(H,18,20)/b4-2+. The molecule has 114 valence electrons. The average Bonchev–Trinajstić information content (AvgIpc) is 3.20. The van der Waals surface area contributed by atoms with Crippen molar-refractivity contribution in [3.8, 4) is 5.75 Å². The monoisotopic (exact) mass is 315 g/mol. The van der Waals surface area contributed by atoms with Crippen molar-refractivity contribution in [2.45, 2.75) is 12.5 Å². The van der Waals surface area contributed by atoms with Crippen LogP contribution in [0.4, 0.5) is 0 Å².